The number of fused-ring (bicyclic) bond motifs is 1. The van der Waals surface area contributed by atoms with Crippen LogP contribution >= 0.6 is 0 Å². The van der Waals surface area contributed by atoms with Crippen molar-refractivity contribution in [3.05, 3.63) is 83.9 Å². The summed E-state index contributed by atoms with van der Waals surface area (Å²) in [5.41, 5.74) is 3.68. The van der Waals surface area contributed by atoms with Crippen molar-refractivity contribution >= 4 is 26.8 Å². The Bertz CT molecular complexity index is 1450. The number of aromatic nitrogens is 3. The first-order chi connectivity index (χ1) is 14.8. The van der Waals surface area contributed by atoms with Crippen LogP contribution in [0, 0.1) is 11.3 Å². The number of hydrogen-bond donors (Lipinski definition) is 1. The van der Waals surface area contributed by atoms with E-state index in [9.17, 15) is 13.2 Å². The zero-order valence-electron chi connectivity index (χ0n) is 16.5. The fourth-order valence-corrected chi connectivity index (χ4v) is 3.64. The molecule has 0 radical (unpaired) electrons. The second-order valence-corrected chi connectivity index (χ2v) is 8.82. The molecule has 0 aliphatic carbocycles. The van der Waals surface area contributed by atoms with Gasteiger partial charge in [0.05, 0.1) is 46.9 Å². The van der Waals surface area contributed by atoms with Gasteiger partial charge in [-0.3, -0.25) is 13.8 Å². The lowest BCUT2D eigenvalue weighted by Gasteiger charge is -2.07. The Morgan fingerprint density at radius 1 is 1.19 bits per heavy atom. The summed E-state index contributed by atoms with van der Waals surface area (Å²) in [6.07, 6.45) is 5.33. The molecule has 154 valence electrons. The van der Waals surface area contributed by atoms with E-state index >= 15 is 0 Å². The number of nitrogens with zero attached hydrogens (tertiary/aromatic N) is 4. The SMILES string of the molecule is CS(=O)(=O)n1ccc(C(=O)NCc2cc3nc(-c4cccc(C#N)c4)ccc3cn2)c1. The number of nitriles is 1. The minimum absolute atomic E-state index is 0.161. The maximum Gasteiger partial charge on any atom is 0.253 e. The molecule has 1 N–H and O–H groups in total. The van der Waals surface area contributed by atoms with Gasteiger partial charge >= 0.3 is 0 Å². The highest BCUT2D eigenvalue weighted by Crippen LogP contribution is 2.22. The number of carbonyl (C=O) groups is 1. The molecule has 31 heavy (non-hydrogen) atoms. The molecule has 4 aromatic rings. The summed E-state index contributed by atoms with van der Waals surface area (Å²) in [6, 6.07) is 16.3. The highest BCUT2D eigenvalue weighted by Gasteiger charge is 2.12. The molecule has 4 rings (SSSR count). The van der Waals surface area contributed by atoms with Crippen molar-refractivity contribution in [2.45, 2.75) is 6.54 Å². The normalized spacial score (nSPS) is 11.2. The average Bonchev–Trinajstić information content (AvgIpc) is 3.28. The third-order valence-electron chi connectivity index (χ3n) is 4.66. The smallest absolute Gasteiger partial charge is 0.253 e. The first kappa shape index (κ1) is 20.3. The predicted molar refractivity (Wildman–Crippen MR) is 116 cm³/mol. The Morgan fingerprint density at radius 3 is 2.77 bits per heavy atom. The van der Waals surface area contributed by atoms with Crippen molar-refractivity contribution in [3.8, 4) is 17.3 Å². The third kappa shape index (κ3) is 4.44. The summed E-state index contributed by atoms with van der Waals surface area (Å²) in [4.78, 5) is 21.3. The van der Waals surface area contributed by atoms with Crippen molar-refractivity contribution in [2.24, 2.45) is 0 Å². The maximum absolute atomic E-state index is 12.3. The molecular weight excluding hydrogens is 414 g/mol. The van der Waals surface area contributed by atoms with Gasteiger partial charge in [0.2, 0.25) is 10.0 Å². The van der Waals surface area contributed by atoms with Gasteiger partial charge in [-0.25, -0.2) is 13.4 Å². The number of amides is 1. The van der Waals surface area contributed by atoms with Crippen LogP contribution in [0.15, 0.2) is 67.1 Å². The molecule has 0 unspecified atom stereocenters. The average molecular weight is 431 g/mol. The monoisotopic (exact) mass is 431 g/mol. The molecule has 0 aliphatic rings. The number of hydrogen-bond acceptors (Lipinski definition) is 6. The Balaban J connectivity index is 1.54. The molecular formula is C22H17N5O3S. The fourth-order valence-electron chi connectivity index (χ4n) is 3.05. The zero-order chi connectivity index (χ0) is 22.0. The summed E-state index contributed by atoms with van der Waals surface area (Å²) in [6.45, 7) is 0.161. The summed E-state index contributed by atoms with van der Waals surface area (Å²) < 4.78 is 24.1. The molecule has 1 aromatic carbocycles. The molecule has 3 heterocycles. The minimum atomic E-state index is -3.44. The Hall–Kier alpha value is -4.03. The van der Waals surface area contributed by atoms with Gasteiger partial charge in [0.25, 0.3) is 5.91 Å². The standard InChI is InChI=1S/C22H17N5O3S/c1-31(29,30)27-8-7-18(14-27)22(28)25-13-19-10-21-17(12-24-19)5-6-20(26-21)16-4-2-3-15(9-16)11-23/h2-10,12,14H,13H2,1H3,(H,25,28). The molecule has 0 saturated heterocycles. The Labute approximate surface area is 178 Å². The molecule has 0 atom stereocenters. The summed E-state index contributed by atoms with van der Waals surface area (Å²) >= 11 is 0. The van der Waals surface area contributed by atoms with Gasteiger partial charge in [-0.2, -0.15) is 5.26 Å². The van der Waals surface area contributed by atoms with Crippen LogP contribution in [0.4, 0.5) is 0 Å². The summed E-state index contributed by atoms with van der Waals surface area (Å²) in [5.74, 6) is -0.403. The zero-order valence-corrected chi connectivity index (χ0v) is 17.3. The quantitative estimate of drug-likeness (QED) is 0.519. The van der Waals surface area contributed by atoms with Gasteiger partial charge in [-0.1, -0.05) is 12.1 Å². The summed E-state index contributed by atoms with van der Waals surface area (Å²) in [5, 5.41) is 12.7. The van der Waals surface area contributed by atoms with Gasteiger partial charge in [0.1, 0.15) is 0 Å². The van der Waals surface area contributed by atoms with Crippen LogP contribution in [0.5, 0.6) is 0 Å². The van der Waals surface area contributed by atoms with Crippen molar-refractivity contribution < 1.29 is 13.2 Å². The number of rotatable bonds is 5. The van der Waals surface area contributed by atoms with Crippen molar-refractivity contribution in [1.29, 1.82) is 5.26 Å². The third-order valence-corrected chi connectivity index (χ3v) is 5.65. The van der Waals surface area contributed by atoms with Crippen LogP contribution in [0.25, 0.3) is 22.2 Å². The van der Waals surface area contributed by atoms with E-state index in [4.69, 9.17) is 5.26 Å². The lowest BCUT2D eigenvalue weighted by Crippen LogP contribution is -2.23. The first-order valence-electron chi connectivity index (χ1n) is 9.26. The van der Waals surface area contributed by atoms with E-state index in [1.54, 1.807) is 24.4 Å². The van der Waals surface area contributed by atoms with E-state index in [-0.39, 0.29) is 12.1 Å². The number of nitrogens with one attached hydrogen (secondary N) is 1. The van der Waals surface area contributed by atoms with E-state index in [2.05, 4.69) is 21.4 Å². The highest BCUT2D eigenvalue weighted by molar-refractivity contribution is 7.89. The molecule has 1 amide bonds. The number of carbonyl (C=O) groups excluding carboxylic acids is 1. The molecule has 0 aliphatic heterocycles. The molecule has 0 spiro atoms. The van der Waals surface area contributed by atoms with Crippen LogP contribution in [-0.4, -0.2) is 34.5 Å². The lowest BCUT2D eigenvalue weighted by atomic mass is 10.1. The fraction of sp³-hybridized carbons (Fsp3) is 0.0909. The van der Waals surface area contributed by atoms with Crippen LogP contribution in [-0.2, 0) is 16.6 Å². The first-order valence-corrected chi connectivity index (χ1v) is 11.1. The lowest BCUT2D eigenvalue weighted by molar-refractivity contribution is 0.0950. The van der Waals surface area contributed by atoms with Crippen LogP contribution < -0.4 is 5.32 Å². The van der Waals surface area contributed by atoms with Gasteiger partial charge in [0.15, 0.2) is 0 Å². The van der Waals surface area contributed by atoms with Crippen LogP contribution in [0.2, 0.25) is 0 Å². The Kier molecular flexibility index (Phi) is 5.23. The second kappa shape index (κ2) is 8.01. The molecule has 0 bridgehead atoms. The van der Waals surface area contributed by atoms with Crippen molar-refractivity contribution in [1.82, 2.24) is 19.3 Å². The number of benzene rings is 1. The molecule has 0 saturated carbocycles. The highest BCUT2D eigenvalue weighted by atomic mass is 32.2. The van der Waals surface area contributed by atoms with Gasteiger partial charge in [-0.05, 0) is 36.4 Å². The van der Waals surface area contributed by atoms with E-state index < -0.39 is 15.9 Å². The molecule has 9 heteroatoms. The topological polar surface area (TPSA) is 118 Å². The molecule has 0 fully saturated rings. The number of pyridine rings is 2. The summed E-state index contributed by atoms with van der Waals surface area (Å²) in [7, 11) is -3.44. The van der Waals surface area contributed by atoms with E-state index in [0.717, 1.165) is 26.9 Å². The largest absolute Gasteiger partial charge is 0.346 e. The maximum atomic E-state index is 12.3. The van der Waals surface area contributed by atoms with Crippen molar-refractivity contribution in [3.63, 3.8) is 0 Å². The van der Waals surface area contributed by atoms with E-state index in [1.165, 1.54) is 18.5 Å². The van der Waals surface area contributed by atoms with E-state index in [1.807, 2.05) is 24.3 Å². The molecule has 3 aromatic heterocycles. The second-order valence-electron chi connectivity index (χ2n) is 6.93. The van der Waals surface area contributed by atoms with Gasteiger partial charge in [-0.15, -0.1) is 0 Å². The molecule has 8 nitrogen and oxygen atoms in total. The van der Waals surface area contributed by atoms with Crippen LogP contribution in [0.1, 0.15) is 21.6 Å². The van der Waals surface area contributed by atoms with Crippen molar-refractivity contribution in [2.75, 3.05) is 6.26 Å². The van der Waals surface area contributed by atoms with Crippen LogP contribution in [0.3, 0.4) is 0 Å². The Morgan fingerprint density at radius 2 is 2.03 bits per heavy atom. The minimum Gasteiger partial charge on any atom is -0.346 e. The van der Waals surface area contributed by atoms with Gasteiger partial charge in [0, 0.05) is 29.5 Å². The predicted octanol–water partition coefficient (Wildman–Crippen LogP) is 2.71. The van der Waals surface area contributed by atoms with E-state index in [0.29, 0.717) is 16.8 Å². The van der Waals surface area contributed by atoms with Gasteiger partial charge < -0.3 is 5.32 Å².